The van der Waals surface area contributed by atoms with Gasteiger partial charge in [-0.1, -0.05) is 378 Å². The van der Waals surface area contributed by atoms with E-state index in [1.807, 2.05) is 21.1 Å². The molecule has 0 aromatic heterocycles. The van der Waals surface area contributed by atoms with E-state index in [0.29, 0.717) is 23.9 Å². The van der Waals surface area contributed by atoms with Crippen LogP contribution in [0, 0.1) is 0 Å². The van der Waals surface area contributed by atoms with Crippen molar-refractivity contribution in [2.45, 2.75) is 411 Å². The number of aliphatic hydroxyl groups excluding tert-OH is 1. The quantitative estimate of drug-likeness (QED) is 0.0243. The molecule has 0 fully saturated rings. The van der Waals surface area contributed by atoms with Crippen LogP contribution in [0.5, 0.6) is 0 Å². The zero-order chi connectivity index (χ0) is 62.6. The number of allylic oxidation sites excluding steroid dienone is 6. The van der Waals surface area contributed by atoms with Gasteiger partial charge in [0.15, 0.2) is 0 Å². The number of rotatable bonds is 72. The molecule has 9 heteroatoms. The van der Waals surface area contributed by atoms with Gasteiger partial charge in [0.05, 0.1) is 39.9 Å². The van der Waals surface area contributed by atoms with E-state index in [1.165, 1.54) is 321 Å². The molecule has 86 heavy (non-hydrogen) atoms. The number of likely N-dealkylation sites (N-methyl/N-ethyl adjacent to an activating group) is 1. The Balaban J connectivity index is 3.91. The van der Waals surface area contributed by atoms with Crippen LogP contribution in [0.1, 0.15) is 399 Å². The van der Waals surface area contributed by atoms with Crippen LogP contribution in [0.15, 0.2) is 36.5 Å². The molecule has 510 valence electrons. The molecule has 0 saturated heterocycles. The molecule has 0 aromatic rings. The number of phosphoric ester groups is 1. The molecule has 0 spiro atoms. The number of amides is 1. The van der Waals surface area contributed by atoms with Crippen LogP contribution >= 0.6 is 7.82 Å². The van der Waals surface area contributed by atoms with Crippen LogP contribution in [0.2, 0.25) is 0 Å². The normalized spacial score (nSPS) is 13.7. The standard InChI is InChI=1S/C77H151N2O6P/c1-6-8-10-12-14-16-18-20-22-24-26-28-30-32-33-34-35-36-37-38-39-40-41-42-43-44-45-47-49-51-53-55-57-59-61-63-65-67-69-71-77(81)78-75(74-85-86(82,83)84-73-72-79(3,4)5)76(80)70-68-66-64-62-60-58-56-54-52-50-48-46-31-29-27-25-23-21-19-17-15-13-11-9-7-2/h18,20,24,26,30,32,75-76,80H,6-17,19,21-23,25,27-29,31,33-74H2,1-5H3,(H-,78,81,82,83)/p+1/b20-18-,26-24-,32-30-. The third-order valence-corrected chi connectivity index (χ3v) is 18.9. The molecule has 0 saturated carbocycles. The fraction of sp³-hybridized carbons (Fsp3) is 0.909. The Bertz CT molecular complexity index is 1500. The van der Waals surface area contributed by atoms with Crippen LogP contribution in [-0.4, -0.2) is 73.4 Å². The van der Waals surface area contributed by atoms with Gasteiger partial charge in [0.2, 0.25) is 5.91 Å². The fourth-order valence-corrected chi connectivity index (χ4v) is 12.7. The van der Waals surface area contributed by atoms with E-state index in [4.69, 9.17) is 9.05 Å². The first-order chi connectivity index (χ1) is 42.0. The monoisotopic (exact) mass is 1230 g/mol. The Morgan fingerprint density at radius 3 is 0.965 bits per heavy atom. The summed E-state index contributed by atoms with van der Waals surface area (Å²) in [5.74, 6) is -0.135. The van der Waals surface area contributed by atoms with E-state index in [1.54, 1.807) is 0 Å². The van der Waals surface area contributed by atoms with Crippen molar-refractivity contribution in [3.63, 3.8) is 0 Å². The number of unbranched alkanes of at least 4 members (excludes halogenated alkanes) is 53. The van der Waals surface area contributed by atoms with Gasteiger partial charge in [0.25, 0.3) is 0 Å². The molecule has 8 nitrogen and oxygen atoms in total. The van der Waals surface area contributed by atoms with Crippen molar-refractivity contribution < 1.29 is 32.9 Å². The molecule has 3 N–H and O–H groups in total. The Hall–Kier alpha value is -1.28. The van der Waals surface area contributed by atoms with Crippen LogP contribution < -0.4 is 5.32 Å². The highest BCUT2D eigenvalue weighted by atomic mass is 31.2. The number of hydrogen-bond donors (Lipinski definition) is 3. The highest BCUT2D eigenvalue weighted by Crippen LogP contribution is 2.43. The lowest BCUT2D eigenvalue weighted by Crippen LogP contribution is -2.46. The lowest BCUT2D eigenvalue weighted by molar-refractivity contribution is -0.870. The Labute approximate surface area is 537 Å². The molecule has 0 rings (SSSR count). The van der Waals surface area contributed by atoms with E-state index >= 15 is 0 Å². The summed E-state index contributed by atoms with van der Waals surface area (Å²) < 4.78 is 23.9. The van der Waals surface area contributed by atoms with Gasteiger partial charge >= 0.3 is 7.82 Å². The van der Waals surface area contributed by atoms with E-state index in [-0.39, 0.29) is 19.1 Å². The lowest BCUT2D eigenvalue weighted by Gasteiger charge is -2.26. The van der Waals surface area contributed by atoms with Crippen LogP contribution in [0.3, 0.4) is 0 Å². The number of hydrogen-bond acceptors (Lipinski definition) is 5. The summed E-state index contributed by atoms with van der Waals surface area (Å²) in [5, 5.41) is 14.2. The molecule has 0 aromatic carbocycles. The van der Waals surface area contributed by atoms with Gasteiger partial charge in [-0.2, -0.15) is 0 Å². The first kappa shape index (κ1) is 84.7. The number of carbonyl (C=O) groups is 1. The summed E-state index contributed by atoms with van der Waals surface area (Å²) >= 11 is 0. The molecular formula is C77H152N2O6P+. The largest absolute Gasteiger partial charge is 0.472 e. The number of aliphatic hydroxyl groups is 1. The maximum absolute atomic E-state index is 13.1. The second-order valence-corrected chi connectivity index (χ2v) is 29.2. The molecule has 0 aliphatic carbocycles. The van der Waals surface area contributed by atoms with Crippen molar-refractivity contribution in [3.8, 4) is 0 Å². The number of phosphoric acid groups is 1. The maximum atomic E-state index is 13.1. The topological polar surface area (TPSA) is 105 Å². The summed E-state index contributed by atoms with van der Waals surface area (Å²) in [4.78, 5) is 23.5. The summed E-state index contributed by atoms with van der Waals surface area (Å²) in [5.41, 5.74) is 0. The lowest BCUT2D eigenvalue weighted by atomic mass is 10.0. The predicted octanol–water partition coefficient (Wildman–Crippen LogP) is 24.8. The van der Waals surface area contributed by atoms with E-state index in [9.17, 15) is 19.4 Å². The van der Waals surface area contributed by atoms with Gasteiger partial charge in [-0.25, -0.2) is 4.57 Å². The van der Waals surface area contributed by atoms with Crippen LogP contribution in [0.4, 0.5) is 0 Å². The molecular weight excluding hydrogens is 1080 g/mol. The average Bonchev–Trinajstić information content (AvgIpc) is 3.70. The zero-order valence-corrected chi connectivity index (χ0v) is 59.5. The molecule has 3 atom stereocenters. The smallest absolute Gasteiger partial charge is 0.391 e. The summed E-state index contributed by atoms with van der Waals surface area (Å²) in [6.07, 6.45) is 91.3. The molecule has 0 aliphatic rings. The van der Waals surface area contributed by atoms with Gasteiger partial charge in [0.1, 0.15) is 13.2 Å². The molecule has 3 unspecified atom stereocenters. The molecule has 0 radical (unpaired) electrons. The van der Waals surface area contributed by atoms with E-state index in [0.717, 1.165) is 51.4 Å². The molecule has 0 bridgehead atoms. The van der Waals surface area contributed by atoms with Gasteiger partial charge in [0, 0.05) is 6.42 Å². The van der Waals surface area contributed by atoms with Crippen molar-refractivity contribution in [2.24, 2.45) is 0 Å². The van der Waals surface area contributed by atoms with Gasteiger partial charge in [-0.05, 0) is 51.4 Å². The Morgan fingerprint density at radius 1 is 0.395 bits per heavy atom. The first-order valence-electron chi connectivity index (χ1n) is 38.4. The number of nitrogens with zero attached hydrogens (tertiary/aromatic N) is 1. The third kappa shape index (κ3) is 70.2. The highest BCUT2D eigenvalue weighted by Gasteiger charge is 2.28. The van der Waals surface area contributed by atoms with Gasteiger partial charge in [-0.3, -0.25) is 13.8 Å². The van der Waals surface area contributed by atoms with E-state index in [2.05, 4.69) is 55.6 Å². The Kier molecular flexibility index (Phi) is 67.1. The second kappa shape index (κ2) is 68.1. The number of nitrogens with one attached hydrogen (secondary N) is 1. The summed E-state index contributed by atoms with van der Waals surface area (Å²) in [6, 6.07) is -0.760. The Morgan fingerprint density at radius 2 is 0.663 bits per heavy atom. The zero-order valence-electron chi connectivity index (χ0n) is 58.6. The number of carbonyl (C=O) groups excluding carboxylic acids is 1. The van der Waals surface area contributed by atoms with Gasteiger partial charge < -0.3 is 19.8 Å². The second-order valence-electron chi connectivity index (χ2n) is 27.7. The minimum Gasteiger partial charge on any atom is -0.391 e. The molecule has 0 aliphatic heterocycles. The summed E-state index contributed by atoms with van der Waals surface area (Å²) in [6.45, 7) is 4.94. The minimum absolute atomic E-state index is 0.0775. The fourth-order valence-electron chi connectivity index (χ4n) is 11.9. The first-order valence-corrected chi connectivity index (χ1v) is 39.8. The average molecular weight is 1230 g/mol. The molecule has 1 amide bonds. The minimum atomic E-state index is -4.33. The van der Waals surface area contributed by atoms with Crippen molar-refractivity contribution in [1.82, 2.24) is 5.32 Å². The predicted molar refractivity (Wildman–Crippen MR) is 378 cm³/mol. The maximum Gasteiger partial charge on any atom is 0.472 e. The number of quaternary nitrogens is 1. The van der Waals surface area contributed by atoms with Crippen LogP contribution in [-0.2, 0) is 18.4 Å². The van der Waals surface area contributed by atoms with Crippen LogP contribution in [0.25, 0.3) is 0 Å². The van der Waals surface area contributed by atoms with Crippen molar-refractivity contribution in [1.29, 1.82) is 0 Å². The van der Waals surface area contributed by atoms with Crippen molar-refractivity contribution >= 4 is 13.7 Å². The molecule has 0 heterocycles. The third-order valence-electron chi connectivity index (χ3n) is 17.9. The highest BCUT2D eigenvalue weighted by molar-refractivity contribution is 7.47. The van der Waals surface area contributed by atoms with Gasteiger partial charge in [-0.15, -0.1) is 0 Å². The SMILES string of the molecule is CCCCCCC/C=C\C/C=C\C/C=C\CCCCCCCCCCCCCCCCCCCCCCCCCCC(=O)NC(COP(=O)(O)OCC[N+](C)(C)C)C(O)CCCCCCCCCCCCCCCCCCCCCCCCCCC. The van der Waals surface area contributed by atoms with Crippen molar-refractivity contribution in [3.05, 3.63) is 36.5 Å². The van der Waals surface area contributed by atoms with Crippen molar-refractivity contribution in [2.75, 3.05) is 40.9 Å². The summed E-state index contributed by atoms with van der Waals surface area (Å²) in [7, 11) is 1.64. The van der Waals surface area contributed by atoms with E-state index < -0.39 is 20.0 Å².